The van der Waals surface area contributed by atoms with E-state index in [0.29, 0.717) is 0 Å². The van der Waals surface area contributed by atoms with Crippen molar-refractivity contribution in [3.63, 3.8) is 0 Å². The van der Waals surface area contributed by atoms with Crippen LogP contribution in [0.1, 0.15) is 30.9 Å². The molecule has 0 aliphatic carbocycles. The average molecular weight is 216 g/mol. The maximum absolute atomic E-state index is 9.70. The van der Waals surface area contributed by atoms with Crippen molar-refractivity contribution in [1.82, 2.24) is 9.78 Å². The van der Waals surface area contributed by atoms with Crippen LogP contribution in [0.4, 0.5) is 0 Å². The van der Waals surface area contributed by atoms with Gasteiger partial charge in [-0.3, -0.25) is 0 Å². The molecule has 84 valence electrons. The molecular formula is C13H16N2O. The number of aromatic hydroxyl groups is 1. The molecule has 1 aromatic carbocycles. The third-order valence-corrected chi connectivity index (χ3v) is 2.61. The molecule has 0 spiro atoms. The van der Waals surface area contributed by atoms with Crippen molar-refractivity contribution in [2.45, 2.75) is 26.7 Å². The fraction of sp³-hybridized carbons (Fsp3) is 0.308. The van der Waals surface area contributed by atoms with Crippen molar-refractivity contribution < 1.29 is 5.11 Å². The fourth-order valence-electron chi connectivity index (χ4n) is 1.69. The summed E-state index contributed by atoms with van der Waals surface area (Å²) >= 11 is 0. The summed E-state index contributed by atoms with van der Waals surface area (Å²) < 4.78 is 1.72. The maximum atomic E-state index is 9.70. The monoisotopic (exact) mass is 216 g/mol. The summed E-state index contributed by atoms with van der Waals surface area (Å²) in [6.45, 7) is 6.12. The van der Waals surface area contributed by atoms with Crippen molar-refractivity contribution >= 4 is 0 Å². The highest BCUT2D eigenvalue weighted by molar-refractivity contribution is 5.37. The molecule has 0 saturated carbocycles. The molecule has 1 N–H and O–H groups in total. The maximum Gasteiger partial charge on any atom is 0.234 e. The molecule has 1 heterocycles. The van der Waals surface area contributed by atoms with Gasteiger partial charge in [0.05, 0.1) is 5.69 Å². The largest absolute Gasteiger partial charge is 0.492 e. The molecule has 0 fully saturated rings. The summed E-state index contributed by atoms with van der Waals surface area (Å²) in [5, 5.41) is 13.8. The standard InChI is InChI=1S/C13H16N2O/c1-9(2)12-8-15(14-13(12)16)11-6-4-5-10(3)7-11/h4-9H,1-3H3,(H,14,16). The molecule has 0 saturated heterocycles. The lowest BCUT2D eigenvalue weighted by Crippen LogP contribution is -1.94. The zero-order chi connectivity index (χ0) is 11.7. The molecule has 0 bridgehead atoms. The van der Waals surface area contributed by atoms with Crippen LogP contribution in [0.2, 0.25) is 0 Å². The molecule has 0 radical (unpaired) electrons. The van der Waals surface area contributed by atoms with Gasteiger partial charge in [0.25, 0.3) is 0 Å². The van der Waals surface area contributed by atoms with Gasteiger partial charge in [0.2, 0.25) is 5.88 Å². The molecule has 2 aromatic rings. The summed E-state index contributed by atoms with van der Waals surface area (Å²) in [4.78, 5) is 0. The number of aryl methyl sites for hydroxylation is 1. The molecule has 3 heteroatoms. The lowest BCUT2D eigenvalue weighted by atomic mass is 10.1. The number of hydrogen-bond donors (Lipinski definition) is 1. The Bertz CT molecular complexity index is 500. The first-order valence-corrected chi connectivity index (χ1v) is 5.43. The second-order valence-electron chi connectivity index (χ2n) is 4.35. The van der Waals surface area contributed by atoms with Crippen molar-refractivity contribution in [3.05, 3.63) is 41.6 Å². The molecule has 0 amide bonds. The number of benzene rings is 1. The van der Waals surface area contributed by atoms with E-state index in [1.165, 1.54) is 5.56 Å². The van der Waals surface area contributed by atoms with E-state index < -0.39 is 0 Å². The number of rotatable bonds is 2. The Morgan fingerprint density at radius 1 is 1.31 bits per heavy atom. The summed E-state index contributed by atoms with van der Waals surface area (Å²) in [5.41, 5.74) is 3.03. The van der Waals surface area contributed by atoms with Crippen molar-refractivity contribution in [1.29, 1.82) is 0 Å². The summed E-state index contributed by atoms with van der Waals surface area (Å²) in [5.74, 6) is 0.398. The minimum absolute atomic E-state index is 0.122. The van der Waals surface area contributed by atoms with Gasteiger partial charge in [-0.05, 0) is 30.5 Å². The van der Waals surface area contributed by atoms with Crippen LogP contribution in [-0.4, -0.2) is 14.9 Å². The minimum Gasteiger partial charge on any atom is -0.492 e. The van der Waals surface area contributed by atoms with Gasteiger partial charge in [0.15, 0.2) is 0 Å². The molecule has 0 atom stereocenters. The van der Waals surface area contributed by atoms with Gasteiger partial charge in [-0.15, -0.1) is 5.10 Å². The van der Waals surface area contributed by atoms with Crippen LogP contribution >= 0.6 is 0 Å². The highest BCUT2D eigenvalue weighted by Gasteiger charge is 2.11. The first-order valence-electron chi connectivity index (χ1n) is 5.43. The van der Waals surface area contributed by atoms with Crippen LogP contribution in [0.15, 0.2) is 30.5 Å². The second-order valence-corrected chi connectivity index (χ2v) is 4.35. The van der Waals surface area contributed by atoms with E-state index in [4.69, 9.17) is 0 Å². The minimum atomic E-state index is 0.122. The number of hydrogen-bond acceptors (Lipinski definition) is 2. The van der Waals surface area contributed by atoms with Crippen molar-refractivity contribution in [2.24, 2.45) is 0 Å². The Hall–Kier alpha value is -1.77. The molecule has 1 aromatic heterocycles. The summed E-state index contributed by atoms with van der Waals surface area (Å²) in [7, 11) is 0. The lowest BCUT2D eigenvalue weighted by molar-refractivity contribution is 0.440. The predicted molar refractivity (Wildman–Crippen MR) is 64.1 cm³/mol. The summed E-state index contributed by atoms with van der Waals surface area (Å²) in [6, 6.07) is 8.04. The fourth-order valence-corrected chi connectivity index (χ4v) is 1.69. The molecular weight excluding hydrogens is 200 g/mol. The smallest absolute Gasteiger partial charge is 0.234 e. The molecule has 16 heavy (non-hydrogen) atoms. The Morgan fingerprint density at radius 2 is 2.06 bits per heavy atom. The van der Waals surface area contributed by atoms with Crippen LogP contribution in [0, 0.1) is 6.92 Å². The average Bonchev–Trinajstić information content (AvgIpc) is 2.60. The van der Waals surface area contributed by atoms with E-state index in [-0.39, 0.29) is 11.8 Å². The van der Waals surface area contributed by atoms with E-state index in [0.717, 1.165) is 11.3 Å². The number of nitrogens with zero attached hydrogens (tertiary/aromatic N) is 2. The van der Waals surface area contributed by atoms with Gasteiger partial charge in [-0.1, -0.05) is 26.0 Å². The van der Waals surface area contributed by atoms with Gasteiger partial charge in [-0.2, -0.15) is 0 Å². The molecule has 2 rings (SSSR count). The molecule has 3 nitrogen and oxygen atoms in total. The molecule has 0 aliphatic rings. The normalized spacial score (nSPS) is 11.0. The lowest BCUT2D eigenvalue weighted by Gasteiger charge is -2.01. The second kappa shape index (κ2) is 4.00. The van der Waals surface area contributed by atoms with E-state index in [2.05, 4.69) is 5.10 Å². The van der Waals surface area contributed by atoms with E-state index in [1.807, 2.05) is 51.2 Å². The van der Waals surface area contributed by atoms with E-state index in [1.54, 1.807) is 4.68 Å². The number of aromatic nitrogens is 2. The third kappa shape index (κ3) is 1.94. The highest BCUT2D eigenvalue weighted by atomic mass is 16.3. The molecule has 0 unspecified atom stereocenters. The highest BCUT2D eigenvalue weighted by Crippen LogP contribution is 2.25. The Kier molecular flexibility index (Phi) is 2.69. The Balaban J connectivity index is 2.45. The van der Waals surface area contributed by atoms with Crippen LogP contribution < -0.4 is 0 Å². The topological polar surface area (TPSA) is 38.0 Å². The van der Waals surface area contributed by atoms with Crippen molar-refractivity contribution in [3.8, 4) is 11.6 Å². The third-order valence-electron chi connectivity index (χ3n) is 2.61. The van der Waals surface area contributed by atoms with Gasteiger partial charge >= 0.3 is 0 Å². The van der Waals surface area contributed by atoms with Crippen LogP contribution in [-0.2, 0) is 0 Å². The van der Waals surface area contributed by atoms with Crippen LogP contribution in [0.25, 0.3) is 5.69 Å². The SMILES string of the molecule is Cc1cccc(-n2cc(C(C)C)c(O)n2)c1. The van der Waals surface area contributed by atoms with E-state index >= 15 is 0 Å². The van der Waals surface area contributed by atoms with Gasteiger partial charge in [0.1, 0.15) is 0 Å². The predicted octanol–water partition coefficient (Wildman–Crippen LogP) is 3.01. The zero-order valence-electron chi connectivity index (χ0n) is 9.81. The summed E-state index contributed by atoms with van der Waals surface area (Å²) in [6.07, 6.45) is 1.88. The van der Waals surface area contributed by atoms with Crippen LogP contribution in [0.5, 0.6) is 5.88 Å². The van der Waals surface area contributed by atoms with E-state index in [9.17, 15) is 5.11 Å². The first-order chi connectivity index (χ1) is 7.58. The van der Waals surface area contributed by atoms with Gasteiger partial charge in [-0.25, -0.2) is 4.68 Å². The van der Waals surface area contributed by atoms with Crippen LogP contribution in [0.3, 0.4) is 0 Å². The molecule has 0 aliphatic heterocycles. The first kappa shape index (κ1) is 10.7. The quantitative estimate of drug-likeness (QED) is 0.838. The Labute approximate surface area is 95.3 Å². The zero-order valence-corrected chi connectivity index (χ0v) is 9.81. The van der Waals surface area contributed by atoms with Gasteiger partial charge in [0, 0.05) is 11.8 Å². The van der Waals surface area contributed by atoms with Gasteiger partial charge < -0.3 is 5.11 Å². The van der Waals surface area contributed by atoms with Crippen molar-refractivity contribution in [2.75, 3.05) is 0 Å². The Morgan fingerprint density at radius 3 is 2.62 bits per heavy atom.